The van der Waals surface area contributed by atoms with E-state index in [0.717, 1.165) is 17.0 Å². The fraction of sp³-hybridized carbons (Fsp3) is 0.286. The summed E-state index contributed by atoms with van der Waals surface area (Å²) < 4.78 is 27.3. The van der Waals surface area contributed by atoms with Gasteiger partial charge in [0.25, 0.3) is 0 Å². The fourth-order valence-corrected chi connectivity index (χ4v) is 3.57. The summed E-state index contributed by atoms with van der Waals surface area (Å²) >= 11 is 0. The first-order valence-electron chi connectivity index (χ1n) is 7.09. The lowest BCUT2D eigenvalue weighted by atomic mass is 10.1. The summed E-state index contributed by atoms with van der Waals surface area (Å²) in [5.41, 5.74) is 3.48. The molecule has 0 unspecified atom stereocenters. The zero-order valence-corrected chi connectivity index (χ0v) is 13.5. The third-order valence-electron chi connectivity index (χ3n) is 3.75. The van der Waals surface area contributed by atoms with Crippen molar-refractivity contribution in [1.29, 1.82) is 0 Å². The average molecular weight is 335 g/mol. The number of benzene rings is 1. The Labute approximate surface area is 132 Å². The summed E-state index contributed by atoms with van der Waals surface area (Å²) in [5.74, 6) is 0. The third-order valence-corrected chi connectivity index (χ3v) is 5.20. The van der Waals surface area contributed by atoms with Crippen LogP contribution in [0.2, 0.25) is 0 Å². The highest BCUT2D eigenvalue weighted by molar-refractivity contribution is 7.89. The van der Waals surface area contributed by atoms with Crippen molar-refractivity contribution in [2.75, 3.05) is 6.54 Å². The summed E-state index contributed by atoms with van der Waals surface area (Å²) in [6.45, 7) is 4.05. The molecule has 2 heterocycles. The molecule has 0 aliphatic rings. The number of sulfonamides is 1. The molecule has 3 rings (SSSR count). The molecule has 0 radical (unpaired) electrons. The fourth-order valence-electron chi connectivity index (χ4n) is 2.51. The molecule has 2 aromatic heterocycles. The molecule has 0 fully saturated rings. The highest BCUT2D eigenvalue weighted by Crippen LogP contribution is 2.15. The lowest BCUT2D eigenvalue weighted by Crippen LogP contribution is -2.26. The van der Waals surface area contributed by atoms with E-state index in [1.165, 1.54) is 12.1 Å². The van der Waals surface area contributed by atoms with E-state index in [9.17, 15) is 13.2 Å². The molecule has 0 saturated carbocycles. The van der Waals surface area contributed by atoms with Gasteiger partial charge in [0.2, 0.25) is 10.0 Å². The molecule has 0 spiro atoms. The predicted octanol–water partition coefficient (Wildman–Crippen LogP) is 0.717. The van der Waals surface area contributed by atoms with Crippen LogP contribution in [0.4, 0.5) is 0 Å². The molecule has 0 saturated heterocycles. The monoisotopic (exact) mass is 335 g/mol. The third kappa shape index (κ3) is 3.06. The number of hydrogen-bond donors (Lipinski definition) is 4. The van der Waals surface area contributed by atoms with E-state index >= 15 is 0 Å². The van der Waals surface area contributed by atoms with Gasteiger partial charge in [0.15, 0.2) is 0 Å². The van der Waals surface area contributed by atoms with Gasteiger partial charge in [-0.15, -0.1) is 0 Å². The number of fused-ring (bicyclic) bond motifs is 1. The maximum Gasteiger partial charge on any atom is 0.323 e. The zero-order chi connectivity index (χ0) is 16.6. The minimum Gasteiger partial charge on any atom is -0.306 e. The van der Waals surface area contributed by atoms with Crippen LogP contribution in [0.15, 0.2) is 27.9 Å². The van der Waals surface area contributed by atoms with Crippen LogP contribution in [0.3, 0.4) is 0 Å². The number of aromatic nitrogens is 4. The maximum atomic E-state index is 12.3. The number of hydrogen-bond acceptors (Lipinski definition) is 4. The van der Waals surface area contributed by atoms with Crippen LogP contribution < -0.4 is 10.4 Å². The normalized spacial score (nSPS) is 12.1. The van der Waals surface area contributed by atoms with E-state index in [1.807, 2.05) is 13.8 Å². The second kappa shape index (κ2) is 5.67. The second-order valence-electron chi connectivity index (χ2n) is 5.35. The molecular formula is C14H17N5O3S. The molecule has 0 aliphatic heterocycles. The van der Waals surface area contributed by atoms with Crippen LogP contribution >= 0.6 is 0 Å². The number of nitrogens with zero attached hydrogens (tertiary/aromatic N) is 1. The Morgan fingerprint density at radius 2 is 1.91 bits per heavy atom. The van der Waals surface area contributed by atoms with Crippen LogP contribution in [0.5, 0.6) is 0 Å². The number of aromatic amines is 3. The molecule has 8 nitrogen and oxygen atoms in total. The molecule has 0 atom stereocenters. The van der Waals surface area contributed by atoms with Crippen molar-refractivity contribution in [3.8, 4) is 0 Å². The van der Waals surface area contributed by atoms with Crippen LogP contribution in [-0.4, -0.2) is 35.1 Å². The van der Waals surface area contributed by atoms with Crippen molar-refractivity contribution >= 4 is 21.1 Å². The Morgan fingerprint density at radius 3 is 2.61 bits per heavy atom. The van der Waals surface area contributed by atoms with Crippen molar-refractivity contribution in [3.05, 3.63) is 45.6 Å². The summed E-state index contributed by atoms with van der Waals surface area (Å²) in [6.07, 6.45) is 0.552. The van der Waals surface area contributed by atoms with Gasteiger partial charge in [-0.2, -0.15) is 5.10 Å². The van der Waals surface area contributed by atoms with E-state index in [0.29, 0.717) is 17.5 Å². The van der Waals surface area contributed by atoms with Crippen LogP contribution in [-0.2, 0) is 16.4 Å². The SMILES string of the molecule is Cc1n[nH]c(C)c1CCNS(=O)(=O)c1ccc2[nH]c(=O)[nH]c2c1. The Bertz CT molecular complexity index is 993. The standard InChI is InChI=1S/C14H17N5O3S/c1-8-11(9(2)19-18-8)5-6-15-23(21,22)10-3-4-12-13(7-10)17-14(20)16-12/h3-4,7,15H,5-6H2,1-2H3,(H,18,19)(H2,16,17,20). The van der Waals surface area contributed by atoms with Gasteiger partial charge in [0.1, 0.15) is 0 Å². The lowest BCUT2D eigenvalue weighted by molar-refractivity contribution is 0.581. The van der Waals surface area contributed by atoms with Crippen molar-refractivity contribution < 1.29 is 8.42 Å². The molecule has 0 bridgehead atoms. The smallest absolute Gasteiger partial charge is 0.306 e. The number of nitrogens with one attached hydrogen (secondary N) is 4. The molecule has 0 amide bonds. The van der Waals surface area contributed by atoms with Gasteiger partial charge >= 0.3 is 5.69 Å². The second-order valence-corrected chi connectivity index (χ2v) is 7.11. The van der Waals surface area contributed by atoms with Crippen molar-refractivity contribution in [2.24, 2.45) is 0 Å². The van der Waals surface area contributed by atoms with Gasteiger partial charge in [-0.05, 0) is 44.0 Å². The van der Waals surface area contributed by atoms with Gasteiger partial charge in [0, 0.05) is 12.2 Å². The Morgan fingerprint density at radius 1 is 1.17 bits per heavy atom. The Balaban J connectivity index is 1.76. The zero-order valence-electron chi connectivity index (χ0n) is 12.7. The van der Waals surface area contributed by atoms with E-state index in [2.05, 4.69) is 24.9 Å². The first kappa shape index (κ1) is 15.5. The number of imidazole rings is 1. The van der Waals surface area contributed by atoms with E-state index in [-0.39, 0.29) is 17.1 Å². The average Bonchev–Trinajstić information content (AvgIpc) is 3.01. The lowest BCUT2D eigenvalue weighted by Gasteiger charge is -2.07. The number of rotatable bonds is 5. The molecule has 122 valence electrons. The summed E-state index contributed by atoms with van der Waals surface area (Å²) in [4.78, 5) is 16.5. The molecule has 0 aliphatic carbocycles. The molecule has 23 heavy (non-hydrogen) atoms. The van der Waals surface area contributed by atoms with E-state index < -0.39 is 10.0 Å². The predicted molar refractivity (Wildman–Crippen MR) is 85.9 cm³/mol. The van der Waals surface area contributed by atoms with Crippen LogP contribution in [0.1, 0.15) is 17.0 Å². The molecular weight excluding hydrogens is 318 g/mol. The van der Waals surface area contributed by atoms with E-state index in [1.54, 1.807) is 6.07 Å². The van der Waals surface area contributed by atoms with Gasteiger partial charge in [-0.1, -0.05) is 0 Å². The van der Waals surface area contributed by atoms with Gasteiger partial charge in [-0.3, -0.25) is 5.10 Å². The number of aryl methyl sites for hydroxylation is 2. The molecule has 1 aromatic carbocycles. The van der Waals surface area contributed by atoms with E-state index in [4.69, 9.17) is 0 Å². The minimum absolute atomic E-state index is 0.112. The maximum absolute atomic E-state index is 12.3. The van der Waals surface area contributed by atoms with Crippen LogP contribution in [0, 0.1) is 13.8 Å². The van der Waals surface area contributed by atoms with Gasteiger partial charge in [-0.25, -0.2) is 17.9 Å². The molecule has 9 heteroatoms. The summed E-state index contributed by atoms with van der Waals surface area (Å²) in [7, 11) is -3.64. The van der Waals surface area contributed by atoms with Crippen LogP contribution in [0.25, 0.3) is 11.0 Å². The largest absolute Gasteiger partial charge is 0.323 e. The highest BCUT2D eigenvalue weighted by Gasteiger charge is 2.15. The topological polar surface area (TPSA) is 123 Å². The first-order chi connectivity index (χ1) is 10.9. The minimum atomic E-state index is -3.64. The summed E-state index contributed by atoms with van der Waals surface area (Å²) in [6, 6.07) is 4.46. The molecule has 4 N–H and O–H groups in total. The quantitative estimate of drug-likeness (QED) is 0.548. The van der Waals surface area contributed by atoms with Gasteiger partial charge in [0.05, 0.1) is 21.6 Å². The van der Waals surface area contributed by atoms with Gasteiger partial charge < -0.3 is 9.97 Å². The van der Waals surface area contributed by atoms with Crippen molar-refractivity contribution in [1.82, 2.24) is 24.9 Å². The summed E-state index contributed by atoms with van der Waals surface area (Å²) in [5, 5.41) is 6.96. The van der Waals surface area contributed by atoms with Crippen molar-refractivity contribution in [2.45, 2.75) is 25.2 Å². The first-order valence-corrected chi connectivity index (χ1v) is 8.57. The van der Waals surface area contributed by atoms with Crippen molar-refractivity contribution in [3.63, 3.8) is 0 Å². The molecule has 3 aromatic rings. The number of H-pyrrole nitrogens is 3. The Hall–Kier alpha value is -2.39. The Kier molecular flexibility index (Phi) is 3.82. The highest BCUT2D eigenvalue weighted by atomic mass is 32.2.